The molecule has 2 nitrogen and oxygen atoms in total. The summed E-state index contributed by atoms with van der Waals surface area (Å²) in [5.41, 5.74) is 9.62. The average molecular weight is 248 g/mol. The first-order valence-electron chi connectivity index (χ1n) is 7.20. The standard InChI is InChI=1S/C16H28N2/c1-5-7-10-18(14(4)6-2)16-9-8-15(12-17)13(3)11-16/h8-9,11,14H,5-7,10,12,17H2,1-4H3. The van der Waals surface area contributed by atoms with Crippen LogP contribution in [-0.2, 0) is 6.54 Å². The van der Waals surface area contributed by atoms with Crippen molar-refractivity contribution < 1.29 is 0 Å². The van der Waals surface area contributed by atoms with Crippen molar-refractivity contribution in [1.82, 2.24) is 0 Å². The molecule has 2 N–H and O–H groups in total. The van der Waals surface area contributed by atoms with Gasteiger partial charge in [0.25, 0.3) is 0 Å². The Bertz CT molecular complexity index is 360. The van der Waals surface area contributed by atoms with Crippen LogP contribution in [0.25, 0.3) is 0 Å². The Morgan fingerprint density at radius 3 is 2.50 bits per heavy atom. The quantitative estimate of drug-likeness (QED) is 0.794. The molecular formula is C16H28N2. The maximum Gasteiger partial charge on any atom is 0.0371 e. The Kier molecular flexibility index (Phi) is 6.20. The Morgan fingerprint density at radius 2 is 2.00 bits per heavy atom. The molecule has 0 fully saturated rings. The van der Waals surface area contributed by atoms with Gasteiger partial charge >= 0.3 is 0 Å². The average Bonchev–Trinajstić information content (AvgIpc) is 2.39. The lowest BCUT2D eigenvalue weighted by atomic mass is 10.1. The third-order valence-corrected chi connectivity index (χ3v) is 3.75. The van der Waals surface area contributed by atoms with Crippen molar-refractivity contribution in [3.63, 3.8) is 0 Å². The molecule has 1 aromatic rings. The summed E-state index contributed by atoms with van der Waals surface area (Å²) in [6.07, 6.45) is 3.68. The predicted molar refractivity (Wildman–Crippen MR) is 81.1 cm³/mol. The monoisotopic (exact) mass is 248 g/mol. The van der Waals surface area contributed by atoms with Gasteiger partial charge in [-0.3, -0.25) is 0 Å². The van der Waals surface area contributed by atoms with Crippen molar-refractivity contribution in [3.8, 4) is 0 Å². The fourth-order valence-corrected chi connectivity index (χ4v) is 2.24. The molecule has 18 heavy (non-hydrogen) atoms. The number of anilines is 1. The van der Waals surface area contributed by atoms with Crippen LogP contribution < -0.4 is 10.6 Å². The molecule has 0 amide bonds. The van der Waals surface area contributed by atoms with Gasteiger partial charge in [-0.05, 0) is 49.9 Å². The van der Waals surface area contributed by atoms with E-state index in [0.29, 0.717) is 12.6 Å². The zero-order valence-corrected chi connectivity index (χ0v) is 12.4. The number of hydrogen-bond donors (Lipinski definition) is 1. The van der Waals surface area contributed by atoms with Crippen LogP contribution in [0.15, 0.2) is 18.2 Å². The van der Waals surface area contributed by atoms with Gasteiger partial charge in [-0.2, -0.15) is 0 Å². The van der Waals surface area contributed by atoms with Crippen LogP contribution in [-0.4, -0.2) is 12.6 Å². The summed E-state index contributed by atoms with van der Waals surface area (Å²) in [6, 6.07) is 7.27. The fraction of sp³-hybridized carbons (Fsp3) is 0.625. The van der Waals surface area contributed by atoms with Crippen LogP contribution >= 0.6 is 0 Å². The maximum atomic E-state index is 5.73. The molecule has 0 heterocycles. The van der Waals surface area contributed by atoms with Crippen molar-refractivity contribution in [1.29, 1.82) is 0 Å². The number of benzene rings is 1. The predicted octanol–water partition coefficient (Wildman–Crippen LogP) is 3.86. The second-order valence-electron chi connectivity index (χ2n) is 5.12. The van der Waals surface area contributed by atoms with Crippen LogP contribution in [0.5, 0.6) is 0 Å². The lowest BCUT2D eigenvalue weighted by Crippen LogP contribution is -2.33. The van der Waals surface area contributed by atoms with E-state index in [1.807, 2.05) is 0 Å². The van der Waals surface area contributed by atoms with Gasteiger partial charge in [0, 0.05) is 24.8 Å². The molecule has 0 bridgehead atoms. The molecule has 0 aliphatic rings. The Labute approximate surface area is 112 Å². The number of unbranched alkanes of at least 4 members (excludes halogenated alkanes) is 1. The lowest BCUT2D eigenvalue weighted by Gasteiger charge is -2.31. The van der Waals surface area contributed by atoms with Crippen molar-refractivity contribution >= 4 is 5.69 Å². The summed E-state index contributed by atoms with van der Waals surface area (Å²) in [4.78, 5) is 2.52. The van der Waals surface area contributed by atoms with Gasteiger partial charge in [-0.1, -0.05) is 26.3 Å². The molecule has 1 aromatic carbocycles. The summed E-state index contributed by atoms with van der Waals surface area (Å²) in [5.74, 6) is 0. The number of nitrogens with zero attached hydrogens (tertiary/aromatic N) is 1. The SMILES string of the molecule is CCCCN(c1ccc(CN)c(C)c1)C(C)CC. The second kappa shape index (κ2) is 7.42. The van der Waals surface area contributed by atoms with Crippen molar-refractivity contribution in [2.45, 2.75) is 59.5 Å². The Balaban J connectivity index is 2.93. The number of hydrogen-bond acceptors (Lipinski definition) is 2. The van der Waals surface area contributed by atoms with Gasteiger partial charge < -0.3 is 10.6 Å². The molecule has 0 aromatic heterocycles. The first-order chi connectivity index (χ1) is 8.63. The van der Waals surface area contributed by atoms with Gasteiger partial charge in [-0.25, -0.2) is 0 Å². The molecule has 102 valence electrons. The Morgan fingerprint density at radius 1 is 1.28 bits per heavy atom. The van der Waals surface area contributed by atoms with E-state index in [4.69, 9.17) is 5.73 Å². The van der Waals surface area contributed by atoms with Gasteiger partial charge in [0.05, 0.1) is 0 Å². The highest BCUT2D eigenvalue weighted by atomic mass is 15.2. The zero-order valence-electron chi connectivity index (χ0n) is 12.4. The fourth-order valence-electron chi connectivity index (χ4n) is 2.24. The minimum absolute atomic E-state index is 0.597. The van der Waals surface area contributed by atoms with Crippen LogP contribution in [0.1, 0.15) is 51.2 Å². The van der Waals surface area contributed by atoms with Gasteiger partial charge in [-0.15, -0.1) is 0 Å². The highest BCUT2D eigenvalue weighted by Gasteiger charge is 2.13. The summed E-state index contributed by atoms with van der Waals surface area (Å²) >= 11 is 0. The normalized spacial score (nSPS) is 12.5. The summed E-state index contributed by atoms with van der Waals surface area (Å²) in [6.45, 7) is 10.7. The maximum absolute atomic E-state index is 5.73. The molecule has 1 unspecified atom stereocenters. The molecule has 0 aliphatic carbocycles. The first kappa shape index (κ1) is 15.0. The van der Waals surface area contributed by atoms with E-state index in [1.165, 1.54) is 36.1 Å². The zero-order chi connectivity index (χ0) is 13.5. The van der Waals surface area contributed by atoms with Crippen LogP contribution in [0.4, 0.5) is 5.69 Å². The number of aryl methyl sites for hydroxylation is 1. The molecule has 2 heteroatoms. The molecule has 0 aliphatic heterocycles. The van der Waals surface area contributed by atoms with Crippen LogP contribution in [0.3, 0.4) is 0 Å². The van der Waals surface area contributed by atoms with Gasteiger partial charge in [0.1, 0.15) is 0 Å². The Hall–Kier alpha value is -1.02. The largest absolute Gasteiger partial charge is 0.369 e. The minimum atomic E-state index is 0.597. The third kappa shape index (κ3) is 3.74. The van der Waals surface area contributed by atoms with Crippen molar-refractivity contribution in [3.05, 3.63) is 29.3 Å². The van der Waals surface area contributed by atoms with E-state index in [2.05, 4.69) is 50.8 Å². The molecule has 1 atom stereocenters. The van der Waals surface area contributed by atoms with E-state index < -0.39 is 0 Å². The highest BCUT2D eigenvalue weighted by molar-refractivity contribution is 5.51. The molecular weight excluding hydrogens is 220 g/mol. The van der Waals surface area contributed by atoms with Gasteiger partial charge in [0.2, 0.25) is 0 Å². The van der Waals surface area contributed by atoms with E-state index >= 15 is 0 Å². The topological polar surface area (TPSA) is 29.3 Å². The summed E-state index contributed by atoms with van der Waals surface area (Å²) < 4.78 is 0. The second-order valence-corrected chi connectivity index (χ2v) is 5.12. The van der Waals surface area contributed by atoms with Crippen molar-refractivity contribution in [2.24, 2.45) is 5.73 Å². The smallest absolute Gasteiger partial charge is 0.0371 e. The summed E-state index contributed by atoms with van der Waals surface area (Å²) in [7, 11) is 0. The summed E-state index contributed by atoms with van der Waals surface area (Å²) in [5, 5.41) is 0. The van der Waals surface area contributed by atoms with Crippen LogP contribution in [0.2, 0.25) is 0 Å². The highest BCUT2D eigenvalue weighted by Crippen LogP contribution is 2.22. The van der Waals surface area contributed by atoms with Crippen molar-refractivity contribution in [2.75, 3.05) is 11.4 Å². The molecule has 0 spiro atoms. The van der Waals surface area contributed by atoms with E-state index in [0.717, 1.165) is 6.54 Å². The molecule has 0 saturated heterocycles. The number of nitrogens with two attached hydrogens (primary N) is 1. The molecule has 0 saturated carbocycles. The third-order valence-electron chi connectivity index (χ3n) is 3.75. The molecule has 0 radical (unpaired) electrons. The van der Waals surface area contributed by atoms with Crippen LogP contribution in [0, 0.1) is 6.92 Å². The first-order valence-corrected chi connectivity index (χ1v) is 7.20. The van der Waals surface area contributed by atoms with E-state index in [1.54, 1.807) is 0 Å². The van der Waals surface area contributed by atoms with E-state index in [9.17, 15) is 0 Å². The number of rotatable bonds is 7. The molecule has 1 rings (SSSR count). The van der Waals surface area contributed by atoms with E-state index in [-0.39, 0.29) is 0 Å². The minimum Gasteiger partial charge on any atom is -0.369 e. The lowest BCUT2D eigenvalue weighted by molar-refractivity contribution is 0.595. The van der Waals surface area contributed by atoms with Gasteiger partial charge in [0.15, 0.2) is 0 Å².